The highest BCUT2D eigenvalue weighted by molar-refractivity contribution is 5.21. The van der Waals surface area contributed by atoms with Crippen LogP contribution in [0.2, 0.25) is 0 Å². The Morgan fingerprint density at radius 3 is 2.04 bits per heavy atom. The summed E-state index contributed by atoms with van der Waals surface area (Å²) in [5.41, 5.74) is -4.81. The fraction of sp³-hybridized carbons (Fsp3) is 0.875. The van der Waals surface area contributed by atoms with Crippen molar-refractivity contribution in [3.05, 3.63) is 12.2 Å². The first kappa shape index (κ1) is 16.7. The summed E-state index contributed by atoms with van der Waals surface area (Å²) in [6.07, 6.45) is -5.58. The molecule has 8 heteroatoms. The van der Waals surface area contributed by atoms with Crippen molar-refractivity contribution in [2.75, 3.05) is 6.61 Å². The predicted molar refractivity (Wildman–Crippen MR) is 70.7 cm³/mol. The van der Waals surface area contributed by atoms with Gasteiger partial charge in [0, 0.05) is 0 Å². The van der Waals surface area contributed by atoms with Gasteiger partial charge in [-0.25, -0.2) is 0 Å². The quantitative estimate of drug-likeness (QED) is 0.475. The molecule has 4 rings (SSSR count). The Morgan fingerprint density at radius 2 is 1.46 bits per heavy atom. The van der Waals surface area contributed by atoms with E-state index in [1.54, 1.807) is 0 Å². The fourth-order valence-corrected chi connectivity index (χ4v) is 5.70. The molecule has 1 N–H and O–H groups in total. The summed E-state index contributed by atoms with van der Waals surface area (Å²) in [5, 5.41) is 9.22. The van der Waals surface area contributed by atoms with Crippen LogP contribution in [-0.4, -0.2) is 35.8 Å². The van der Waals surface area contributed by atoms with Crippen LogP contribution in [0.4, 0.5) is 26.3 Å². The van der Waals surface area contributed by atoms with Crippen molar-refractivity contribution in [3.63, 3.8) is 0 Å². The molecule has 7 atom stereocenters. The number of alkyl halides is 6. The molecule has 0 heterocycles. The van der Waals surface area contributed by atoms with E-state index in [2.05, 4.69) is 12.2 Å². The van der Waals surface area contributed by atoms with Gasteiger partial charge in [0.1, 0.15) is 0 Å². The lowest BCUT2D eigenvalue weighted by Gasteiger charge is -2.38. The zero-order valence-electron chi connectivity index (χ0n) is 12.6. The highest BCUT2D eigenvalue weighted by Crippen LogP contribution is 2.66. The average Bonchev–Trinajstić information content (AvgIpc) is 3.19. The Kier molecular flexibility index (Phi) is 3.41. The van der Waals surface area contributed by atoms with Gasteiger partial charge in [-0.15, -0.1) is 0 Å². The van der Waals surface area contributed by atoms with Crippen LogP contribution in [0, 0.1) is 35.5 Å². The van der Waals surface area contributed by atoms with Gasteiger partial charge in [0.15, 0.2) is 0 Å². The summed E-state index contributed by atoms with van der Waals surface area (Å²) >= 11 is 0. The van der Waals surface area contributed by atoms with Crippen molar-refractivity contribution in [2.45, 2.75) is 43.3 Å². The summed E-state index contributed by atoms with van der Waals surface area (Å²) in [4.78, 5) is 0. The standard InChI is InChI=1S/C16H18F6O2/c17-15(18,19)14(23,16(20,21)22)6-24-11-5-9-4-10(11)13-8-2-1-7(3-8)12(9)13/h1-2,7-13,23H,3-6H2. The summed E-state index contributed by atoms with van der Waals surface area (Å²) in [6, 6.07) is 0. The molecular weight excluding hydrogens is 338 g/mol. The van der Waals surface area contributed by atoms with Crippen LogP contribution in [0.1, 0.15) is 19.3 Å². The van der Waals surface area contributed by atoms with Crippen molar-refractivity contribution >= 4 is 0 Å². The van der Waals surface area contributed by atoms with E-state index in [1.165, 1.54) is 0 Å². The third-order valence-electron chi connectivity index (χ3n) is 6.65. The van der Waals surface area contributed by atoms with Crippen LogP contribution in [0.25, 0.3) is 0 Å². The summed E-state index contributed by atoms with van der Waals surface area (Å²) in [6.45, 7) is -1.78. The van der Waals surface area contributed by atoms with Crippen molar-refractivity contribution in [1.82, 2.24) is 0 Å². The van der Waals surface area contributed by atoms with Crippen LogP contribution < -0.4 is 0 Å². The zero-order valence-corrected chi connectivity index (χ0v) is 12.6. The molecule has 0 spiro atoms. The first-order valence-electron chi connectivity index (χ1n) is 8.18. The van der Waals surface area contributed by atoms with Gasteiger partial charge in [0.05, 0.1) is 12.7 Å². The molecule has 3 fully saturated rings. The lowest BCUT2D eigenvalue weighted by atomic mass is 9.72. The number of rotatable bonds is 3. The number of allylic oxidation sites excluding steroid dienone is 2. The molecular formula is C16H18F6O2. The number of halogens is 6. The number of aliphatic hydroxyl groups is 1. The Bertz CT molecular complexity index is 540. The summed E-state index contributed by atoms with van der Waals surface area (Å²) in [7, 11) is 0. The summed E-state index contributed by atoms with van der Waals surface area (Å²) in [5.74, 6) is 2.03. The Morgan fingerprint density at radius 1 is 0.875 bits per heavy atom. The molecule has 0 aromatic rings. The average molecular weight is 356 g/mol. The molecule has 4 aliphatic carbocycles. The number of hydrogen-bond acceptors (Lipinski definition) is 2. The molecule has 0 aromatic carbocycles. The van der Waals surface area contributed by atoms with Gasteiger partial charge in [-0.05, 0) is 54.8 Å². The van der Waals surface area contributed by atoms with Crippen LogP contribution in [0.5, 0.6) is 0 Å². The largest absolute Gasteiger partial charge is 0.428 e. The van der Waals surface area contributed by atoms with Gasteiger partial charge in [-0.1, -0.05) is 12.2 Å². The number of hydrogen-bond donors (Lipinski definition) is 1. The van der Waals surface area contributed by atoms with Gasteiger partial charge in [-0.2, -0.15) is 26.3 Å². The second kappa shape index (κ2) is 4.90. The van der Waals surface area contributed by atoms with E-state index in [4.69, 9.17) is 4.74 Å². The minimum absolute atomic E-state index is 0.00525. The first-order chi connectivity index (χ1) is 11.0. The molecule has 136 valence electrons. The van der Waals surface area contributed by atoms with Gasteiger partial charge < -0.3 is 9.84 Å². The Balaban J connectivity index is 1.47. The van der Waals surface area contributed by atoms with Crippen LogP contribution in [0.15, 0.2) is 12.2 Å². The topological polar surface area (TPSA) is 29.5 Å². The van der Waals surface area contributed by atoms with Gasteiger partial charge in [0.2, 0.25) is 0 Å². The van der Waals surface area contributed by atoms with E-state index in [0.29, 0.717) is 36.0 Å². The van der Waals surface area contributed by atoms with Gasteiger partial charge >= 0.3 is 12.4 Å². The monoisotopic (exact) mass is 356 g/mol. The number of fused-ring (bicyclic) bond motifs is 9. The van der Waals surface area contributed by atoms with Crippen molar-refractivity contribution in [2.24, 2.45) is 35.5 Å². The molecule has 3 saturated carbocycles. The fourth-order valence-electron chi connectivity index (χ4n) is 5.70. The van der Waals surface area contributed by atoms with Gasteiger partial charge in [-0.3, -0.25) is 0 Å². The molecule has 24 heavy (non-hydrogen) atoms. The maximum atomic E-state index is 12.7. The molecule has 0 aromatic heterocycles. The lowest BCUT2D eigenvalue weighted by Crippen LogP contribution is -2.60. The Labute approximate surface area is 134 Å². The van der Waals surface area contributed by atoms with Crippen molar-refractivity contribution in [3.8, 4) is 0 Å². The molecule has 0 aliphatic heterocycles. The maximum absolute atomic E-state index is 12.7. The molecule has 0 radical (unpaired) electrons. The zero-order chi connectivity index (χ0) is 17.5. The second-order valence-electron chi connectivity index (χ2n) is 7.70. The van der Waals surface area contributed by atoms with E-state index < -0.39 is 30.7 Å². The van der Waals surface area contributed by atoms with E-state index in [9.17, 15) is 31.4 Å². The molecule has 7 unspecified atom stereocenters. The molecule has 0 saturated heterocycles. The molecule has 4 aliphatic rings. The Hall–Kier alpha value is -0.760. The highest BCUT2D eigenvalue weighted by Gasteiger charge is 2.71. The highest BCUT2D eigenvalue weighted by atomic mass is 19.4. The SMILES string of the molecule is OC(COC1CC2CC1C1C3C=CC(C3)C21)(C(F)(F)F)C(F)(F)F. The third-order valence-corrected chi connectivity index (χ3v) is 6.65. The molecule has 0 amide bonds. The normalized spacial score (nSPS) is 43.7. The van der Waals surface area contributed by atoms with Crippen LogP contribution in [0.3, 0.4) is 0 Å². The number of ether oxygens (including phenoxy) is 1. The van der Waals surface area contributed by atoms with E-state index in [1.807, 2.05) is 0 Å². The lowest BCUT2D eigenvalue weighted by molar-refractivity contribution is -0.380. The minimum Gasteiger partial charge on any atom is -0.374 e. The van der Waals surface area contributed by atoms with E-state index in [0.717, 1.165) is 12.8 Å². The minimum atomic E-state index is -5.82. The molecule has 2 nitrogen and oxygen atoms in total. The maximum Gasteiger partial charge on any atom is 0.428 e. The second-order valence-corrected chi connectivity index (χ2v) is 7.70. The van der Waals surface area contributed by atoms with Crippen LogP contribution in [-0.2, 0) is 4.74 Å². The third kappa shape index (κ3) is 2.11. The van der Waals surface area contributed by atoms with E-state index >= 15 is 0 Å². The van der Waals surface area contributed by atoms with Gasteiger partial charge in [0.25, 0.3) is 5.60 Å². The van der Waals surface area contributed by atoms with Crippen molar-refractivity contribution < 1.29 is 36.2 Å². The molecule has 4 bridgehead atoms. The van der Waals surface area contributed by atoms with E-state index in [-0.39, 0.29) is 5.92 Å². The summed E-state index contributed by atoms with van der Waals surface area (Å²) < 4.78 is 81.5. The predicted octanol–water partition coefficient (Wildman–Crippen LogP) is 3.71. The van der Waals surface area contributed by atoms with Crippen molar-refractivity contribution in [1.29, 1.82) is 0 Å². The first-order valence-corrected chi connectivity index (χ1v) is 8.18. The smallest absolute Gasteiger partial charge is 0.374 e. The van der Waals surface area contributed by atoms with Crippen LogP contribution >= 0.6 is 0 Å².